The van der Waals surface area contributed by atoms with Crippen molar-refractivity contribution in [3.8, 4) is 11.5 Å². The molecule has 0 aliphatic rings. The number of nitrogens with one attached hydrogen (secondary N) is 2. The molecule has 3 aromatic carbocycles. The molecule has 2 N–H and O–H groups in total. The number of anilines is 1. The topological polar surface area (TPSA) is 89.0 Å². The third-order valence-corrected chi connectivity index (χ3v) is 5.69. The molecular formula is C26H26IN3O4. The Labute approximate surface area is 212 Å². The van der Waals surface area contributed by atoms with Crippen LogP contribution in [-0.2, 0) is 4.79 Å². The van der Waals surface area contributed by atoms with E-state index in [2.05, 4.69) is 38.4 Å². The van der Waals surface area contributed by atoms with Gasteiger partial charge in [0.05, 0.1) is 16.4 Å². The van der Waals surface area contributed by atoms with Gasteiger partial charge in [-0.2, -0.15) is 5.10 Å². The Kier molecular flexibility index (Phi) is 9.03. The molecule has 0 heterocycles. The van der Waals surface area contributed by atoms with Crippen LogP contribution in [0.5, 0.6) is 11.5 Å². The van der Waals surface area contributed by atoms with Gasteiger partial charge in [-0.15, -0.1) is 0 Å². The average molecular weight is 571 g/mol. The van der Waals surface area contributed by atoms with Crippen molar-refractivity contribution in [2.24, 2.45) is 5.10 Å². The summed E-state index contributed by atoms with van der Waals surface area (Å²) in [6.07, 6.45) is 1.53. The number of hydrazone groups is 1. The minimum absolute atomic E-state index is 0.163. The van der Waals surface area contributed by atoms with E-state index < -0.39 is 0 Å². The van der Waals surface area contributed by atoms with Gasteiger partial charge >= 0.3 is 0 Å². The molecule has 176 valence electrons. The van der Waals surface area contributed by atoms with Crippen molar-refractivity contribution in [2.75, 3.05) is 18.5 Å². The fourth-order valence-electron chi connectivity index (χ4n) is 3.04. The van der Waals surface area contributed by atoms with Gasteiger partial charge in [0.1, 0.15) is 0 Å². The van der Waals surface area contributed by atoms with Crippen LogP contribution in [0.2, 0.25) is 0 Å². The molecule has 34 heavy (non-hydrogen) atoms. The zero-order valence-corrected chi connectivity index (χ0v) is 21.4. The van der Waals surface area contributed by atoms with Crippen LogP contribution in [-0.4, -0.2) is 31.2 Å². The number of carbonyl (C=O) groups excluding carboxylic acids is 2. The third-order valence-electron chi connectivity index (χ3n) is 4.89. The van der Waals surface area contributed by atoms with Crippen LogP contribution in [0.15, 0.2) is 65.8 Å². The Balaban J connectivity index is 1.66. The lowest BCUT2D eigenvalue weighted by molar-refractivity contribution is -0.118. The maximum atomic E-state index is 12.4. The summed E-state index contributed by atoms with van der Waals surface area (Å²) in [5.74, 6) is 0.398. The maximum absolute atomic E-state index is 12.4. The molecule has 0 bridgehead atoms. The molecule has 0 spiro atoms. The number of benzene rings is 3. The minimum Gasteiger partial charge on any atom is -0.490 e. The lowest BCUT2D eigenvalue weighted by atomic mass is 10.1. The van der Waals surface area contributed by atoms with Crippen LogP contribution in [0, 0.1) is 17.4 Å². The first-order valence-corrected chi connectivity index (χ1v) is 11.8. The average Bonchev–Trinajstić information content (AvgIpc) is 2.81. The summed E-state index contributed by atoms with van der Waals surface area (Å²) in [6.45, 7) is 6.14. The molecule has 0 aromatic heterocycles. The van der Waals surface area contributed by atoms with E-state index in [1.54, 1.807) is 30.3 Å². The van der Waals surface area contributed by atoms with E-state index in [-0.39, 0.29) is 18.4 Å². The molecule has 7 nitrogen and oxygen atoms in total. The fourth-order valence-corrected chi connectivity index (χ4v) is 3.82. The standard InChI is InChI=1S/C26H26IN3O4/c1-4-33-23-14-19(15-28-30-26(32)20-8-6-5-7-9-20)13-22(27)25(23)34-16-24(31)29-21-11-10-17(2)18(3)12-21/h5-15H,4,16H2,1-3H3,(H,29,31)(H,30,32)/b28-15+. The van der Waals surface area contributed by atoms with Crippen LogP contribution < -0.4 is 20.2 Å². The predicted octanol–water partition coefficient (Wildman–Crippen LogP) is 5.09. The van der Waals surface area contributed by atoms with Gasteiger partial charge in [-0.3, -0.25) is 9.59 Å². The Morgan fingerprint density at radius 3 is 2.47 bits per heavy atom. The summed E-state index contributed by atoms with van der Waals surface area (Å²) in [5, 5.41) is 6.88. The van der Waals surface area contributed by atoms with Crippen LogP contribution in [0.25, 0.3) is 0 Å². The SMILES string of the molecule is CCOc1cc(/C=N/NC(=O)c2ccccc2)cc(I)c1OCC(=O)Nc1ccc(C)c(C)c1. The highest BCUT2D eigenvalue weighted by Gasteiger charge is 2.14. The summed E-state index contributed by atoms with van der Waals surface area (Å²) in [6, 6.07) is 18.2. The Morgan fingerprint density at radius 1 is 1.00 bits per heavy atom. The van der Waals surface area contributed by atoms with Crippen molar-refractivity contribution in [2.45, 2.75) is 20.8 Å². The van der Waals surface area contributed by atoms with Gasteiger partial charge in [-0.1, -0.05) is 24.3 Å². The van der Waals surface area contributed by atoms with Crippen LogP contribution in [0.1, 0.15) is 34.0 Å². The van der Waals surface area contributed by atoms with E-state index in [1.165, 1.54) is 6.21 Å². The van der Waals surface area contributed by atoms with Gasteiger partial charge in [0.25, 0.3) is 11.8 Å². The molecule has 0 aliphatic heterocycles. The van der Waals surface area contributed by atoms with E-state index in [9.17, 15) is 9.59 Å². The molecule has 0 radical (unpaired) electrons. The van der Waals surface area contributed by atoms with E-state index in [0.717, 1.165) is 20.4 Å². The smallest absolute Gasteiger partial charge is 0.271 e. The number of nitrogens with zero attached hydrogens (tertiary/aromatic N) is 1. The van der Waals surface area contributed by atoms with Gasteiger partial charge in [-0.25, -0.2) is 5.43 Å². The highest BCUT2D eigenvalue weighted by Crippen LogP contribution is 2.34. The number of carbonyl (C=O) groups is 2. The molecule has 0 saturated carbocycles. The number of aryl methyl sites for hydroxylation is 2. The van der Waals surface area contributed by atoms with Gasteiger partial charge < -0.3 is 14.8 Å². The summed E-state index contributed by atoms with van der Waals surface area (Å²) in [5.41, 5.74) is 6.73. The van der Waals surface area contributed by atoms with Crippen LogP contribution in [0.3, 0.4) is 0 Å². The normalized spacial score (nSPS) is 10.7. The largest absolute Gasteiger partial charge is 0.490 e. The first kappa shape index (κ1) is 25.2. The number of halogens is 1. The second-order valence-corrected chi connectivity index (χ2v) is 8.63. The fraction of sp³-hybridized carbons (Fsp3) is 0.192. The molecule has 8 heteroatoms. The van der Waals surface area contributed by atoms with E-state index in [1.807, 2.05) is 51.1 Å². The quantitative estimate of drug-likeness (QED) is 0.213. The molecule has 0 atom stereocenters. The second kappa shape index (κ2) is 12.2. The monoisotopic (exact) mass is 571 g/mol. The van der Waals surface area contributed by atoms with E-state index in [0.29, 0.717) is 29.2 Å². The first-order chi connectivity index (χ1) is 16.4. The van der Waals surface area contributed by atoms with Gasteiger partial charge in [0.2, 0.25) is 0 Å². The third kappa shape index (κ3) is 7.05. The number of amides is 2. The van der Waals surface area contributed by atoms with Crippen molar-refractivity contribution >= 4 is 46.3 Å². The van der Waals surface area contributed by atoms with Gasteiger partial charge in [-0.05, 0) is 96.5 Å². The zero-order chi connectivity index (χ0) is 24.5. The second-order valence-electron chi connectivity index (χ2n) is 7.46. The molecule has 0 saturated heterocycles. The molecule has 0 aliphatic carbocycles. The van der Waals surface area contributed by atoms with E-state index >= 15 is 0 Å². The number of rotatable bonds is 9. The Morgan fingerprint density at radius 2 is 1.76 bits per heavy atom. The Bertz CT molecular complexity index is 1200. The minimum atomic E-state index is -0.300. The van der Waals surface area contributed by atoms with Crippen LogP contribution >= 0.6 is 22.6 Å². The van der Waals surface area contributed by atoms with Crippen molar-refractivity contribution in [3.63, 3.8) is 0 Å². The summed E-state index contributed by atoms with van der Waals surface area (Å²) < 4.78 is 12.3. The summed E-state index contributed by atoms with van der Waals surface area (Å²) in [4.78, 5) is 24.5. The molecular weight excluding hydrogens is 545 g/mol. The molecule has 0 fully saturated rings. The van der Waals surface area contributed by atoms with Gasteiger partial charge in [0.15, 0.2) is 18.1 Å². The maximum Gasteiger partial charge on any atom is 0.271 e. The van der Waals surface area contributed by atoms with Crippen molar-refractivity contribution in [1.29, 1.82) is 0 Å². The lowest BCUT2D eigenvalue weighted by Crippen LogP contribution is -2.21. The van der Waals surface area contributed by atoms with E-state index in [4.69, 9.17) is 9.47 Å². The highest BCUT2D eigenvalue weighted by molar-refractivity contribution is 14.1. The first-order valence-electron chi connectivity index (χ1n) is 10.7. The van der Waals surface area contributed by atoms with Crippen molar-refractivity contribution in [1.82, 2.24) is 5.43 Å². The summed E-state index contributed by atoms with van der Waals surface area (Å²) in [7, 11) is 0. The summed E-state index contributed by atoms with van der Waals surface area (Å²) >= 11 is 2.12. The number of hydrogen-bond acceptors (Lipinski definition) is 5. The number of ether oxygens (including phenoxy) is 2. The Hall–Kier alpha value is -3.40. The zero-order valence-electron chi connectivity index (χ0n) is 19.2. The number of hydrogen-bond donors (Lipinski definition) is 2. The predicted molar refractivity (Wildman–Crippen MR) is 142 cm³/mol. The molecule has 2 amide bonds. The van der Waals surface area contributed by atoms with Crippen molar-refractivity contribution < 1.29 is 19.1 Å². The van der Waals surface area contributed by atoms with Crippen molar-refractivity contribution in [3.05, 3.63) is 86.5 Å². The highest BCUT2D eigenvalue weighted by atomic mass is 127. The van der Waals surface area contributed by atoms with Gasteiger partial charge in [0, 0.05) is 11.3 Å². The lowest BCUT2D eigenvalue weighted by Gasteiger charge is -2.15. The molecule has 3 rings (SSSR count). The molecule has 3 aromatic rings. The molecule has 0 unspecified atom stereocenters. The van der Waals surface area contributed by atoms with Crippen LogP contribution in [0.4, 0.5) is 5.69 Å².